The van der Waals surface area contributed by atoms with Crippen LogP contribution in [0.25, 0.3) is 0 Å². The summed E-state index contributed by atoms with van der Waals surface area (Å²) in [4.78, 5) is 33.0. The molecule has 0 aromatic carbocycles. The van der Waals surface area contributed by atoms with Gasteiger partial charge in [0.1, 0.15) is 6.10 Å². The molecule has 2 N–H and O–H groups in total. The molecule has 0 amide bonds. The molecule has 1 atom stereocenters. The predicted octanol–water partition coefficient (Wildman–Crippen LogP) is -0.467. The minimum Gasteiger partial charge on any atom is -0.466 e. The van der Waals surface area contributed by atoms with Gasteiger partial charge in [0.25, 0.3) is 0 Å². The Balaban J connectivity index is 3.65. The molecule has 18 heavy (non-hydrogen) atoms. The molecule has 0 rings (SSSR count). The highest BCUT2D eigenvalue weighted by molar-refractivity contribution is 5.88. The van der Waals surface area contributed by atoms with E-state index in [4.69, 9.17) is 14.9 Å². The topological polar surface area (TPSA) is 110 Å². The second-order valence-corrected chi connectivity index (χ2v) is 3.62. The van der Waals surface area contributed by atoms with Gasteiger partial charge >= 0.3 is 17.9 Å². The van der Waals surface area contributed by atoms with Crippen molar-refractivity contribution in [2.24, 2.45) is 0 Å². The molecule has 1 unspecified atom stereocenters. The van der Waals surface area contributed by atoms with Crippen LogP contribution in [0.4, 0.5) is 0 Å². The number of rotatable bonds is 8. The molecule has 0 spiro atoms. The smallest absolute Gasteiger partial charge is 0.342 e. The van der Waals surface area contributed by atoms with Crippen LogP contribution in [0.5, 0.6) is 0 Å². The lowest BCUT2D eigenvalue weighted by molar-refractivity contribution is -0.166. The molecule has 0 aliphatic carbocycles. The van der Waals surface area contributed by atoms with Gasteiger partial charge in [-0.2, -0.15) is 0 Å². The monoisotopic (exact) mass is 262 g/mol. The lowest BCUT2D eigenvalue weighted by Crippen LogP contribution is -2.23. The van der Waals surface area contributed by atoms with Crippen molar-refractivity contribution in [2.75, 3.05) is 13.2 Å². The van der Waals surface area contributed by atoms with Crippen molar-refractivity contribution >= 4 is 17.9 Å². The fraction of sp³-hybridized carbons (Fsp3) is 0.727. The van der Waals surface area contributed by atoms with Crippen molar-refractivity contribution in [3.8, 4) is 0 Å². The highest BCUT2D eigenvalue weighted by Crippen LogP contribution is 1.99. The Hall–Kier alpha value is -1.47. The third kappa shape index (κ3) is 8.66. The molecule has 0 bridgehead atoms. The number of carbonyl (C=O) groups excluding carboxylic acids is 3. The second-order valence-electron chi connectivity index (χ2n) is 3.62. The molecule has 0 aromatic heterocycles. The number of esters is 3. The van der Waals surface area contributed by atoms with E-state index in [-0.39, 0.29) is 26.1 Å². The molecular formula is C11H18O7. The normalized spacial score (nSPS) is 11.7. The van der Waals surface area contributed by atoms with Crippen LogP contribution in [0.1, 0.15) is 32.6 Å². The highest BCUT2D eigenvalue weighted by Gasteiger charge is 2.16. The summed E-state index contributed by atoms with van der Waals surface area (Å²) in [5.41, 5.74) is 0. The Morgan fingerprint density at radius 1 is 1.11 bits per heavy atom. The van der Waals surface area contributed by atoms with Crippen molar-refractivity contribution < 1.29 is 34.1 Å². The van der Waals surface area contributed by atoms with Crippen LogP contribution >= 0.6 is 0 Å². The quantitative estimate of drug-likeness (QED) is 0.345. The number of aliphatic hydroxyl groups excluding tert-OH is 2. The fourth-order valence-electron chi connectivity index (χ4n) is 0.925. The SMILES string of the molecule is CC(O)C(=O)OC(=O)CCC(=O)OCCCCO. The van der Waals surface area contributed by atoms with Gasteiger partial charge in [0.2, 0.25) is 0 Å². The van der Waals surface area contributed by atoms with Crippen LogP contribution < -0.4 is 0 Å². The number of ether oxygens (including phenoxy) is 2. The maximum absolute atomic E-state index is 11.1. The van der Waals surface area contributed by atoms with Crippen LogP contribution in [0, 0.1) is 0 Å². The van der Waals surface area contributed by atoms with Crippen LogP contribution in [0.3, 0.4) is 0 Å². The molecule has 0 saturated heterocycles. The van der Waals surface area contributed by atoms with E-state index in [1.54, 1.807) is 0 Å². The van der Waals surface area contributed by atoms with Gasteiger partial charge in [-0.05, 0) is 19.8 Å². The van der Waals surface area contributed by atoms with Gasteiger partial charge in [0.15, 0.2) is 0 Å². The first kappa shape index (κ1) is 16.5. The fourth-order valence-corrected chi connectivity index (χ4v) is 0.925. The molecule has 0 aromatic rings. The summed E-state index contributed by atoms with van der Waals surface area (Å²) >= 11 is 0. The molecule has 104 valence electrons. The summed E-state index contributed by atoms with van der Waals surface area (Å²) in [6.07, 6.45) is -0.757. The predicted molar refractivity (Wildman–Crippen MR) is 59.3 cm³/mol. The minimum absolute atomic E-state index is 0.0331. The highest BCUT2D eigenvalue weighted by atomic mass is 16.6. The van der Waals surface area contributed by atoms with Crippen molar-refractivity contribution in [3.63, 3.8) is 0 Å². The molecule has 7 nitrogen and oxygen atoms in total. The van der Waals surface area contributed by atoms with Crippen LogP contribution in [-0.2, 0) is 23.9 Å². The van der Waals surface area contributed by atoms with E-state index in [0.29, 0.717) is 12.8 Å². The summed E-state index contributed by atoms with van der Waals surface area (Å²) in [6.45, 7) is 1.39. The van der Waals surface area contributed by atoms with E-state index in [9.17, 15) is 14.4 Å². The average molecular weight is 262 g/mol. The Morgan fingerprint density at radius 2 is 1.72 bits per heavy atom. The van der Waals surface area contributed by atoms with E-state index < -0.39 is 24.0 Å². The van der Waals surface area contributed by atoms with Gasteiger partial charge in [-0.1, -0.05) is 0 Å². The number of hydrogen-bond acceptors (Lipinski definition) is 7. The van der Waals surface area contributed by atoms with Gasteiger partial charge in [-0.25, -0.2) is 4.79 Å². The van der Waals surface area contributed by atoms with E-state index in [2.05, 4.69) is 4.74 Å². The molecule has 0 saturated carbocycles. The van der Waals surface area contributed by atoms with Crippen molar-refractivity contribution in [3.05, 3.63) is 0 Å². The van der Waals surface area contributed by atoms with Crippen LogP contribution in [0.2, 0.25) is 0 Å². The van der Waals surface area contributed by atoms with E-state index in [1.165, 1.54) is 6.92 Å². The molecule has 0 fully saturated rings. The van der Waals surface area contributed by atoms with E-state index in [1.807, 2.05) is 0 Å². The van der Waals surface area contributed by atoms with Crippen LogP contribution in [-0.4, -0.2) is 47.4 Å². The second kappa shape index (κ2) is 9.55. The third-order valence-electron chi connectivity index (χ3n) is 1.90. The lowest BCUT2D eigenvalue weighted by atomic mass is 10.3. The van der Waals surface area contributed by atoms with Gasteiger partial charge in [0, 0.05) is 6.61 Å². The zero-order chi connectivity index (χ0) is 14.0. The standard InChI is InChI=1S/C11H18O7/c1-8(13)11(16)18-10(15)5-4-9(14)17-7-3-2-6-12/h8,12-13H,2-7H2,1H3. The molecule has 0 heterocycles. The molecular weight excluding hydrogens is 244 g/mol. The molecule has 0 aliphatic heterocycles. The zero-order valence-electron chi connectivity index (χ0n) is 10.3. The Bertz CT molecular complexity index is 285. The number of unbranched alkanes of at least 4 members (excludes halogenated alkanes) is 1. The van der Waals surface area contributed by atoms with E-state index >= 15 is 0 Å². The first-order chi connectivity index (χ1) is 8.47. The first-order valence-corrected chi connectivity index (χ1v) is 5.66. The maximum atomic E-state index is 11.1. The number of hydrogen-bond donors (Lipinski definition) is 2. The van der Waals surface area contributed by atoms with Gasteiger partial charge < -0.3 is 19.7 Å². The summed E-state index contributed by atoms with van der Waals surface area (Å²) in [7, 11) is 0. The Labute approximate surface area is 105 Å². The first-order valence-electron chi connectivity index (χ1n) is 5.66. The lowest BCUT2D eigenvalue weighted by Gasteiger charge is -2.05. The van der Waals surface area contributed by atoms with Crippen molar-refractivity contribution in [1.82, 2.24) is 0 Å². The van der Waals surface area contributed by atoms with Crippen molar-refractivity contribution in [2.45, 2.75) is 38.7 Å². The summed E-state index contributed by atoms with van der Waals surface area (Å²) < 4.78 is 8.99. The summed E-state index contributed by atoms with van der Waals surface area (Å²) in [6, 6.07) is 0. The Kier molecular flexibility index (Phi) is 8.77. The van der Waals surface area contributed by atoms with Crippen molar-refractivity contribution in [1.29, 1.82) is 0 Å². The van der Waals surface area contributed by atoms with Gasteiger partial charge in [-0.15, -0.1) is 0 Å². The Morgan fingerprint density at radius 3 is 2.28 bits per heavy atom. The molecule has 7 heteroatoms. The van der Waals surface area contributed by atoms with Gasteiger partial charge in [0.05, 0.1) is 19.4 Å². The number of carbonyl (C=O) groups is 3. The summed E-state index contributed by atoms with van der Waals surface area (Å²) in [5.74, 6) is -2.50. The summed E-state index contributed by atoms with van der Waals surface area (Å²) in [5, 5.41) is 17.3. The maximum Gasteiger partial charge on any atom is 0.342 e. The molecule has 0 aliphatic rings. The van der Waals surface area contributed by atoms with E-state index in [0.717, 1.165) is 0 Å². The van der Waals surface area contributed by atoms with Crippen LogP contribution in [0.15, 0.2) is 0 Å². The average Bonchev–Trinajstić information content (AvgIpc) is 2.32. The largest absolute Gasteiger partial charge is 0.466 e. The van der Waals surface area contributed by atoms with Gasteiger partial charge in [-0.3, -0.25) is 9.59 Å². The third-order valence-corrected chi connectivity index (χ3v) is 1.90. The minimum atomic E-state index is -1.38. The number of aliphatic hydroxyl groups is 2. The zero-order valence-corrected chi connectivity index (χ0v) is 10.3. The molecule has 0 radical (unpaired) electrons.